The van der Waals surface area contributed by atoms with Gasteiger partial charge in [0.15, 0.2) is 5.82 Å². The van der Waals surface area contributed by atoms with Crippen LogP contribution in [0.5, 0.6) is 0 Å². The first-order chi connectivity index (χ1) is 9.74. The molecule has 2 saturated heterocycles. The van der Waals surface area contributed by atoms with E-state index >= 15 is 0 Å². The van der Waals surface area contributed by atoms with Crippen LogP contribution in [0.1, 0.15) is 19.3 Å². The van der Waals surface area contributed by atoms with Gasteiger partial charge in [0.05, 0.1) is 0 Å². The Balaban J connectivity index is 1.68. The van der Waals surface area contributed by atoms with E-state index in [9.17, 15) is 4.79 Å². The second-order valence-corrected chi connectivity index (χ2v) is 6.83. The zero-order valence-electron chi connectivity index (χ0n) is 11.9. The summed E-state index contributed by atoms with van der Waals surface area (Å²) in [6.07, 6.45) is 7.01. The summed E-state index contributed by atoms with van der Waals surface area (Å²) in [5, 5.41) is 3.75. The highest BCUT2D eigenvalue weighted by Gasteiger charge is 2.26. The molecule has 110 valence electrons. The summed E-state index contributed by atoms with van der Waals surface area (Å²) >= 11 is 2.03. The number of piperidine rings is 1. The lowest BCUT2D eigenvalue weighted by atomic mass is 10.0. The van der Waals surface area contributed by atoms with Crippen molar-refractivity contribution in [3.05, 3.63) is 22.7 Å². The first kappa shape index (κ1) is 13.9. The van der Waals surface area contributed by atoms with Gasteiger partial charge in [0.1, 0.15) is 0 Å². The van der Waals surface area contributed by atoms with Gasteiger partial charge in [0, 0.05) is 50.4 Å². The first-order valence-corrected chi connectivity index (χ1v) is 8.50. The van der Waals surface area contributed by atoms with Crippen LogP contribution in [0.25, 0.3) is 0 Å². The Bertz CT molecular complexity index is 512. The lowest BCUT2D eigenvalue weighted by Gasteiger charge is -2.35. The monoisotopic (exact) mass is 294 g/mol. The fourth-order valence-corrected chi connectivity index (χ4v) is 4.17. The van der Waals surface area contributed by atoms with Crippen molar-refractivity contribution >= 4 is 17.6 Å². The molecule has 0 bridgehead atoms. The van der Waals surface area contributed by atoms with Crippen LogP contribution in [-0.2, 0) is 7.05 Å². The van der Waals surface area contributed by atoms with Gasteiger partial charge in [-0.15, -0.1) is 0 Å². The lowest BCUT2D eigenvalue weighted by Crippen LogP contribution is -2.50. The SMILES string of the molecule is Cn1ccnc(N2CCC[C@@H](N[C@H]3CCSC3)C2)c1=O. The molecular formula is C14H22N4OS. The summed E-state index contributed by atoms with van der Waals surface area (Å²) in [5.74, 6) is 3.10. The van der Waals surface area contributed by atoms with Crippen molar-refractivity contribution in [1.29, 1.82) is 0 Å². The van der Waals surface area contributed by atoms with Crippen LogP contribution in [-0.4, -0.2) is 46.2 Å². The fraction of sp³-hybridized carbons (Fsp3) is 0.714. The Morgan fingerprint density at radius 3 is 3.10 bits per heavy atom. The molecule has 2 aliphatic heterocycles. The fourth-order valence-electron chi connectivity index (χ4n) is 3.01. The Morgan fingerprint density at radius 1 is 1.40 bits per heavy atom. The van der Waals surface area contributed by atoms with Gasteiger partial charge in [-0.3, -0.25) is 4.79 Å². The molecule has 1 aromatic rings. The van der Waals surface area contributed by atoms with E-state index < -0.39 is 0 Å². The van der Waals surface area contributed by atoms with Crippen LogP contribution in [0, 0.1) is 0 Å². The molecule has 0 aliphatic carbocycles. The minimum absolute atomic E-state index is 0.00423. The van der Waals surface area contributed by atoms with Crippen LogP contribution in [0.3, 0.4) is 0 Å². The summed E-state index contributed by atoms with van der Waals surface area (Å²) in [6, 6.07) is 1.13. The number of nitrogens with zero attached hydrogens (tertiary/aromatic N) is 3. The molecule has 0 amide bonds. The summed E-state index contributed by atoms with van der Waals surface area (Å²) in [4.78, 5) is 18.6. The zero-order valence-corrected chi connectivity index (χ0v) is 12.7. The van der Waals surface area contributed by atoms with Crippen LogP contribution in [0.15, 0.2) is 17.2 Å². The second kappa shape index (κ2) is 6.18. The van der Waals surface area contributed by atoms with Gasteiger partial charge in [0.25, 0.3) is 5.56 Å². The molecule has 3 heterocycles. The van der Waals surface area contributed by atoms with Gasteiger partial charge in [-0.05, 0) is 25.0 Å². The van der Waals surface area contributed by atoms with Crippen molar-refractivity contribution in [2.45, 2.75) is 31.3 Å². The molecule has 0 spiro atoms. The Labute approximate surface area is 123 Å². The average molecular weight is 294 g/mol. The molecule has 0 unspecified atom stereocenters. The summed E-state index contributed by atoms with van der Waals surface area (Å²) in [7, 11) is 1.78. The van der Waals surface area contributed by atoms with Crippen LogP contribution >= 0.6 is 11.8 Å². The number of aryl methyl sites for hydroxylation is 1. The van der Waals surface area contributed by atoms with E-state index in [2.05, 4.69) is 15.2 Å². The Hall–Kier alpha value is -1.01. The molecule has 2 fully saturated rings. The molecule has 1 N–H and O–H groups in total. The predicted octanol–water partition coefficient (Wildman–Crippen LogP) is 0.844. The minimum atomic E-state index is 0.00423. The van der Waals surface area contributed by atoms with Crippen molar-refractivity contribution in [2.75, 3.05) is 29.5 Å². The van der Waals surface area contributed by atoms with Crippen molar-refractivity contribution in [1.82, 2.24) is 14.9 Å². The molecule has 2 aliphatic rings. The largest absolute Gasteiger partial charge is 0.350 e. The Morgan fingerprint density at radius 2 is 2.30 bits per heavy atom. The maximum Gasteiger partial charge on any atom is 0.293 e. The van der Waals surface area contributed by atoms with Crippen molar-refractivity contribution in [2.24, 2.45) is 7.05 Å². The molecule has 20 heavy (non-hydrogen) atoms. The highest BCUT2D eigenvalue weighted by molar-refractivity contribution is 7.99. The standard InChI is InChI=1S/C14H22N4OS/c1-17-7-5-15-13(14(17)19)18-6-2-3-11(9-18)16-12-4-8-20-10-12/h5,7,11-12,16H,2-4,6,8-10H2,1H3/t11-,12+/m1/s1. The van der Waals surface area contributed by atoms with E-state index in [1.54, 1.807) is 24.0 Å². The number of hydrogen-bond donors (Lipinski definition) is 1. The van der Waals surface area contributed by atoms with Crippen molar-refractivity contribution in [3.63, 3.8) is 0 Å². The highest BCUT2D eigenvalue weighted by Crippen LogP contribution is 2.20. The molecule has 6 heteroatoms. The quantitative estimate of drug-likeness (QED) is 0.895. The van der Waals surface area contributed by atoms with Crippen LogP contribution in [0.2, 0.25) is 0 Å². The van der Waals surface area contributed by atoms with Crippen LogP contribution < -0.4 is 15.8 Å². The lowest BCUT2D eigenvalue weighted by molar-refractivity contribution is 0.385. The third kappa shape index (κ3) is 3.01. The number of anilines is 1. The van der Waals surface area contributed by atoms with E-state index in [0.29, 0.717) is 17.9 Å². The number of hydrogen-bond acceptors (Lipinski definition) is 5. The van der Waals surface area contributed by atoms with E-state index in [-0.39, 0.29) is 5.56 Å². The summed E-state index contributed by atoms with van der Waals surface area (Å²) in [5.41, 5.74) is 0.00423. The smallest absolute Gasteiger partial charge is 0.293 e. The topological polar surface area (TPSA) is 50.2 Å². The van der Waals surface area contributed by atoms with Gasteiger partial charge in [0.2, 0.25) is 0 Å². The van der Waals surface area contributed by atoms with Gasteiger partial charge in [-0.2, -0.15) is 11.8 Å². The normalized spacial score (nSPS) is 26.9. The maximum atomic E-state index is 12.2. The molecule has 2 atom stereocenters. The zero-order chi connectivity index (χ0) is 13.9. The van der Waals surface area contributed by atoms with Crippen molar-refractivity contribution in [3.8, 4) is 0 Å². The molecule has 3 rings (SSSR count). The molecule has 1 aromatic heterocycles. The Kier molecular flexibility index (Phi) is 4.31. The number of nitrogens with one attached hydrogen (secondary N) is 1. The van der Waals surface area contributed by atoms with Gasteiger partial charge in [-0.25, -0.2) is 4.98 Å². The van der Waals surface area contributed by atoms with Gasteiger partial charge >= 0.3 is 0 Å². The third-order valence-corrected chi connectivity index (χ3v) is 5.28. The molecule has 5 nitrogen and oxygen atoms in total. The van der Waals surface area contributed by atoms with E-state index in [0.717, 1.165) is 19.5 Å². The molecule has 0 saturated carbocycles. The second-order valence-electron chi connectivity index (χ2n) is 5.68. The van der Waals surface area contributed by atoms with E-state index in [1.165, 1.54) is 24.3 Å². The maximum absolute atomic E-state index is 12.2. The van der Waals surface area contributed by atoms with E-state index in [1.807, 2.05) is 11.8 Å². The predicted molar refractivity (Wildman–Crippen MR) is 83.6 cm³/mol. The van der Waals surface area contributed by atoms with Crippen LogP contribution in [0.4, 0.5) is 5.82 Å². The molecular weight excluding hydrogens is 272 g/mol. The van der Waals surface area contributed by atoms with Crippen molar-refractivity contribution < 1.29 is 0 Å². The number of rotatable bonds is 3. The summed E-state index contributed by atoms with van der Waals surface area (Å²) < 4.78 is 1.60. The highest BCUT2D eigenvalue weighted by atomic mass is 32.2. The summed E-state index contributed by atoms with van der Waals surface area (Å²) in [6.45, 7) is 1.83. The minimum Gasteiger partial charge on any atom is -0.350 e. The molecule has 0 aromatic carbocycles. The van der Waals surface area contributed by atoms with Gasteiger partial charge < -0.3 is 14.8 Å². The third-order valence-electron chi connectivity index (χ3n) is 4.12. The van der Waals surface area contributed by atoms with Gasteiger partial charge in [-0.1, -0.05) is 0 Å². The molecule has 0 radical (unpaired) electrons. The average Bonchev–Trinajstić information content (AvgIpc) is 2.95. The number of thioether (sulfide) groups is 1. The number of aromatic nitrogens is 2. The van der Waals surface area contributed by atoms with E-state index in [4.69, 9.17) is 0 Å². The first-order valence-electron chi connectivity index (χ1n) is 7.34.